The second-order valence-corrected chi connectivity index (χ2v) is 9.79. The van der Waals surface area contributed by atoms with E-state index in [2.05, 4.69) is 15.6 Å². The molecule has 39 heavy (non-hydrogen) atoms. The molecule has 0 spiro atoms. The molecule has 3 aromatic rings. The van der Waals surface area contributed by atoms with E-state index in [4.69, 9.17) is 5.21 Å². The smallest absolute Gasteiger partial charge is 0.253 e. The Morgan fingerprint density at radius 3 is 2.28 bits per heavy atom. The Balaban J connectivity index is 1.62. The fourth-order valence-corrected chi connectivity index (χ4v) is 4.68. The highest BCUT2D eigenvalue weighted by atomic mass is 16.5. The molecule has 0 fully saturated rings. The van der Waals surface area contributed by atoms with Gasteiger partial charge in [-0.3, -0.25) is 24.4 Å². The zero-order valence-electron chi connectivity index (χ0n) is 22.9. The van der Waals surface area contributed by atoms with Gasteiger partial charge in [0.15, 0.2) is 0 Å². The summed E-state index contributed by atoms with van der Waals surface area (Å²) in [6.45, 7) is 7.57. The number of carbonyl (C=O) groups excluding carboxylic acids is 3. The molecule has 0 aliphatic heterocycles. The number of hydrogen-bond donors (Lipinski definition) is 5. The Morgan fingerprint density at radius 2 is 1.62 bits per heavy atom. The van der Waals surface area contributed by atoms with Crippen molar-refractivity contribution in [3.8, 4) is 5.69 Å². The lowest BCUT2D eigenvalue weighted by atomic mass is 10.1. The highest BCUT2D eigenvalue weighted by molar-refractivity contribution is 5.96. The molecular formula is C29H37N5O5. The minimum absolute atomic E-state index is 0.0948. The summed E-state index contributed by atoms with van der Waals surface area (Å²) in [6, 6.07) is 11.1. The molecule has 208 valence electrons. The van der Waals surface area contributed by atoms with Crippen molar-refractivity contribution < 1.29 is 19.6 Å². The van der Waals surface area contributed by atoms with Crippen LogP contribution >= 0.6 is 0 Å². The molecule has 0 saturated heterocycles. The van der Waals surface area contributed by atoms with Crippen LogP contribution in [0, 0.1) is 27.7 Å². The summed E-state index contributed by atoms with van der Waals surface area (Å²) in [6.07, 6.45) is 3.62. The zero-order chi connectivity index (χ0) is 28.5. The van der Waals surface area contributed by atoms with Gasteiger partial charge < -0.3 is 20.2 Å². The third kappa shape index (κ3) is 7.90. The van der Waals surface area contributed by atoms with E-state index in [-0.39, 0.29) is 30.3 Å². The zero-order valence-corrected chi connectivity index (χ0v) is 22.9. The van der Waals surface area contributed by atoms with Gasteiger partial charge in [-0.2, -0.15) is 0 Å². The highest BCUT2D eigenvalue weighted by Gasteiger charge is 2.18. The van der Waals surface area contributed by atoms with E-state index in [1.54, 1.807) is 5.48 Å². The van der Waals surface area contributed by atoms with Crippen molar-refractivity contribution in [1.82, 2.24) is 20.3 Å². The number of aromatic nitrogens is 2. The Bertz CT molecular complexity index is 1410. The van der Waals surface area contributed by atoms with Crippen LogP contribution in [0.25, 0.3) is 5.69 Å². The molecule has 0 atom stereocenters. The molecule has 2 heterocycles. The first-order chi connectivity index (χ1) is 18.6. The summed E-state index contributed by atoms with van der Waals surface area (Å²) < 4.78 is 1.96. The van der Waals surface area contributed by atoms with Gasteiger partial charge in [-0.25, -0.2) is 5.48 Å². The summed E-state index contributed by atoms with van der Waals surface area (Å²) in [5.74, 6) is -0.764. The van der Waals surface area contributed by atoms with Gasteiger partial charge in [-0.1, -0.05) is 18.9 Å². The summed E-state index contributed by atoms with van der Waals surface area (Å²) >= 11 is 0. The summed E-state index contributed by atoms with van der Waals surface area (Å²) in [5.41, 5.74) is 7.13. The normalized spacial score (nSPS) is 10.8. The highest BCUT2D eigenvalue weighted by Crippen LogP contribution is 2.23. The van der Waals surface area contributed by atoms with Crippen molar-refractivity contribution in [1.29, 1.82) is 0 Å². The van der Waals surface area contributed by atoms with Crippen molar-refractivity contribution in [2.75, 3.05) is 5.32 Å². The minimum atomic E-state index is -0.400. The number of amides is 3. The topological polar surface area (TPSA) is 145 Å². The number of unbranched alkanes of at least 4 members (excludes halogenated alkanes) is 3. The van der Waals surface area contributed by atoms with E-state index in [0.717, 1.165) is 41.2 Å². The second-order valence-electron chi connectivity index (χ2n) is 9.79. The number of nitrogens with one attached hydrogen (secondary N) is 4. The van der Waals surface area contributed by atoms with Crippen LogP contribution in [0.1, 0.15) is 77.1 Å². The van der Waals surface area contributed by atoms with Crippen molar-refractivity contribution in [2.24, 2.45) is 0 Å². The Morgan fingerprint density at radius 1 is 0.923 bits per heavy atom. The molecule has 0 unspecified atom stereocenters. The third-order valence-corrected chi connectivity index (χ3v) is 6.67. The van der Waals surface area contributed by atoms with Gasteiger partial charge in [0.1, 0.15) is 0 Å². The molecule has 0 aliphatic rings. The Hall–Kier alpha value is -4.18. The van der Waals surface area contributed by atoms with Crippen LogP contribution < -0.4 is 21.7 Å². The van der Waals surface area contributed by atoms with Crippen LogP contribution in [0.5, 0.6) is 0 Å². The summed E-state index contributed by atoms with van der Waals surface area (Å²) in [5, 5.41) is 14.3. The molecule has 0 radical (unpaired) electrons. The minimum Gasteiger partial charge on any atom is -0.348 e. The maximum absolute atomic E-state index is 13.0. The first kappa shape index (κ1) is 29.4. The van der Waals surface area contributed by atoms with Gasteiger partial charge in [0.25, 0.3) is 11.5 Å². The van der Waals surface area contributed by atoms with E-state index >= 15 is 0 Å². The predicted molar refractivity (Wildman–Crippen MR) is 149 cm³/mol. The van der Waals surface area contributed by atoms with Crippen molar-refractivity contribution >= 4 is 23.4 Å². The maximum atomic E-state index is 13.0. The first-order valence-corrected chi connectivity index (χ1v) is 13.1. The SMILES string of the molecule is Cc1cc(C)c(CNC(=O)c2cc(C)n(-c3cccc(NC(=O)CCCCCCC(=O)NO)c3)c2C)c(=O)[nH]1. The van der Waals surface area contributed by atoms with Gasteiger partial charge in [-0.05, 0) is 76.4 Å². The number of nitrogens with zero attached hydrogens (tertiary/aromatic N) is 1. The number of H-pyrrole nitrogens is 1. The molecule has 3 rings (SSSR count). The molecule has 0 saturated carbocycles. The van der Waals surface area contributed by atoms with E-state index < -0.39 is 5.91 Å². The average Bonchev–Trinajstić information content (AvgIpc) is 3.18. The van der Waals surface area contributed by atoms with Gasteiger partial charge in [-0.15, -0.1) is 0 Å². The Kier molecular flexibility index (Phi) is 10.2. The number of hydrogen-bond acceptors (Lipinski definition) is 5. The van der Waals surface area contributed by atoms with Crippen LogP contribution in [-0.2, 0) is 16.1 Å². The summed E-state index contributed by atoms with van der Waals surface area (Å²) in [4.78, 5) is 51.6. The second kappa shape index (κ2) is 13.6. The lowest BCUT2D eigenvalue weighted by molar-refractivity contribution is -0.129. The molecule has 5 N–H and O–H groups in total. The predicted octanol–water partition coefficient (Wildman–Crippen LogP) is 4.11. The first-order valence-electron chi connectivity index (χ1n) is 13.1. The number of aromatic amines is 1. The number of rotatable bonds is 12. The molecular weight excluding hydrogens is 498 g/mol. The number of benzene rings is 1. The van der Waals surface area contributed by atoms with E-state index in [0.29, 0.717) is 36.1 Å². The van der Waals surface area contributed by atoms with Gasteiger partial charge in [0.05, 0.1) is 5.56 Å². The maximum Gasteiger partial charge on any atom is 0.253 e. The number of hydroxylamine groups is 1. The molecule has 1 aromatic carbocycles. The van der Waals surface area contributed by atoms with Crippen molar-refractivity contribution in [3.63, 3.8) is 0 Å². The van der Waals surface area contributed by atoms with Crippen LogP contribution in [0.2, 0.25) is 0 Å². The molecule has 0 aliphatic carbocycles. The number of carbonyl (C=O) groups is 3. The van der Waals surface area contributed by atoms with E-state index in [1.165, 1.54) is 0 Å². The molecule has 10 nitrogen and oxygen atoms in total. The van der Waals surface area contributed by atoms with Crippen molar-refractivity contribution in [2.45, 2.75) is 72.8 Å². The Labute approximate surface area is 227 Å². The molecule has 3 amide bonds. The van der Waals surface area contributed by atoms with E-state index in [9.17, 15) is 19.2 Å². The monoisotopic (exact) mass is 535 g/mol. The fraction of sp³-hybridized carbons (Fsp3) is 0.379. The molecule has 10 heteroatoms. The van der Waals surface area contributed by atoms with Crippen LogP contribution in [-0.4, -0.2) is 32.5 Å². The van der Waals surface area contributed by atoms with Crippen LogP contribution in [0.4, 0.5) is 5.69 Å². The third-order valence-electron chi connectivity index (χ3n) is 6.67. The standard InChI is InChI=1S/C29H37N5O5/c1-18-14-19(2)31-29(38)25(18)17-30-28(37)24-15-20(3)34(21(24)4)23-11-9-10-22(16-23)32-26(35)12-7-5-6-8-13-27(36)33-39/h9-11,14-16,39H,5-8,12-13,17H2,1-4H3,(H,30,37)(H,31,38)(H,32,35)(H,33,36). The van der Waals surface area contributed by atoms with Gasteiger partial charge in [0.2, 0.25) is 11.8 Å². The molecule has 0 bridgehead atoms. The summed E-state index contributed by atoms with van der Waals surface area (Å²) in [7, 11) is 0. The number of anilines is 1. The molecule has 2 aromatic heterocycles. The van der Waals surface area contributed by atoms with Crippen molar-refractivity contribution in [3.05, 3.63) is 80.5 Å². The largest absolute Gasteiger partial charge is 0.348 e. The lowest BCUT2D eigenvalue weighted by Gasteiger charge is -2.13. The average molecular weight is 536 g/mol. The quantitative estimate of drug-likeness (QED) is 0.135. The number of pyridine rings is 1. The lowest BCUT2D eigenvalue weighted by Crippen LogP contribution is -2.28. The van der Waals surface area contributed by atoms with Gasteiger partial charge >= 0.3 is 0 Å². The van der Waals surface area contributed by atoms with Crippen LogP contribution in [0.3, 0.4) is 0 Å². The van der Waals surface area contributed by atoms with Gasteiger partial charge in [0, 0.05) is 53.4 Å². The number of aryl methyl sites for hydroxylation is 3. The van der Waals surface area contributed by atoms with Crippen LogP contribution in [0.15, 0.2) is 41.2 Å². The fourth-order valence-electron chi connectivity index (χ4n) is 4.68. The van der Waals surface area contributed by atoms with E-state index in [1.807, 2.05) is 68.7 Å².